The third-order valence-electron chi connectivity index (χ3n) is 5.94. The number of halogens is 1. The Bertz CT molecular complexity index is 1360. The van der Waals surface area contributed by atoms with Crippen molar-refractivity contribution in [1.29, 1.82) is 0 Å². The van der Waals surface area contributed by atoms with Crippen molar-refractivity contribution in [2.24, 2.45) is 0 Å². The molecule has 6 nitrogen and oxygen atoms in total. The van der Waals surface area contributed by atoms with Crippen LogP contribution < -0.4 is 4.90 Å². The Balaban J connectivity index is 1.57. The molecule has 1 aliphatic rings. The van der Waals surface area contributed by atoms with Crippen LogP contribution in [0.3, 0.4) is 0 Å². The molecule has 4 aromatic rings. The van der Waals surface area contributed by atoms with E-state index in [1.165, 1.54) is 18.3 Å². The molecule has 0 radical (unpaired) electrons. The van der Waals surface area contributed by atoms with Crippen LogP contribution in [0.4, 0.5) is 10.1 Å². The lowest BCUT2D eigenvalue weighted by molar-refractivity contribution is -0.126. The van der Waals surface area contributed by atoms with Crippen LogP contribution in [0.2, 0.25) is 0 Å². The maximum Gasteiger partial charge on any atom is 0.246 e. The lowest BCUT2D eigenvalue weighted by Gasteiger charge is -2.36. The number of rotatable bonds is 3. The number of amides is 1. The molecule has 160 valence electrons. The van der Waals surface area contributed by atoms with Gasteiger partial charge in [0.15, 0.2) is 5.82 Å². The topological polar surface area (TPSA) is 69.6 Å². The minimum atomic E-state index is -0.479. The van der Waals surface area contributed by atoms with Crippen LogP contribution >= 0.6 is 0 Å². The highest BCUT2D eigenvalue weighted by Gasteiger charge is 2.23. The molecular formula is C25H21FN4O2. The summed E-state index contributed by atoms with van der Waals surface area (Å²) < 4.78 is 15.7. The average molecular weight is 428 g/mol. The van der Waals surface area contributed by atoms with E-state index < -0.39 is 5.82 Å². The summed E-state index contributed by atoms with van der Waals surface area (Å²) in [6.07, 6.45) is 6.19. The third kappa shape index (κ3) is 3.32. The molecule has 0 saturated carbocycles. The number of nitrogens with zero attached hydrogens (tertiary/aromatic N) is 4. The highest BCUT2D eigenvalue weighted by atomic mass is 19.1. The lowest BCUT2D eigenvalue weighted by Crippen LogP contribution is -2.48. The summed E-state index contributed by atoms with van der Waals surface area (Å²) in [6.45, 7) is 5.88. The number of hydrogen-bond donors (Lipinski definition) is 1. The van der Waals surface area contributed by atoms with E-state index in [2.05, 4.69) is 21.4 Å². The van der Waals surface area contributed by atoms with Gasteiger partial charge in [-0.25, -0.2) is 4.39 Å². The second-order valence-electron chi connectivity index (χ2n) is 7.77. The molecule has 7 heteroatoms. The van der Waals surface area contributed by atoms with Crippen molar-refractivity contribution >= 4 is 33.1 Å². The number of fused-ring (bicyclic) bond motifs is 2. The molecule has 0 atom stereocenters. The van der Waals surface area contributed by atoms with E-state index >= 15 is 4.39 Å². The maximum atomic E-state index is 15.7. The van der Waals surface area contributed by atoms with Gasteiger partial charge >= 0.3 is 0 Å². The number of aromatic hydroxyl groups is 1. The van der Waals surface area contributed by atoms with Gasteiger partial charge in [0.25, 0.3) is 0 Å². The molecule has 0 unspecified atom stereocenters. The first-order valence-electron chi connectivity index (χ1n) is 10.4. The average Bonchev–Trinajstić information content (AvgIpc) is 2.83. The van der Waals surface area contributed by atoms with E-state index in [9.17, 15) is 9.90 Å². The molecule has 1 amide bonds. The molecule has 1 N–H and O–H groups in total. The maximum absolute atomic E-state index is 15.7. The molecule has 0 spiro atoms. The Hall–Kier alpha value is -4.00. The first-order valence-corrected chi connectivity index (χ1v) is 10.4. The molecule has 1 saturated heterocycles. The number of benzene rings is 2. The van der Waals surface area contributed by atoms with E-state index in [1.54, 1.807) is 23.4 Å². The lowest BCUT2D eigenvalue weighted by atomic mass is 9.99. The van der Waals surface area contributed by atoms with E-state index in [1.807, 2.05) is 24.3 Å². The van der Waals surface area contributed by atoms with E-state index in [0.29, 0.717) is 42.5 Å². The third-order valence-corrected chi connectivity index (χ3v) is 5.94. The van der Waals surface area contributed by atoms with Crippen LogP contribution in [0.25, 0.3) is 32.8 Å². The highest BCUT2D eigenvalue weighted by Crippen LogP contribution is 2.36. The van der Waals surface area contributed by atoms with E-state index in [-0.39, 0.29) is 17.4 Å². The standard InChI is InChI=1S/C25H21FN4O2/c1-2-23(32)30-9-7-29(8-10-30)22-15-27-13-21-20(22)14-28-25(24(21)26)19-12-17(31)11-16-5-3-4-6-18(16)19/h2-6,11-15,31H,1,7-10H2. The zero-order valence-electron chi connectivity index (χ0n) is 17.3. The quantitative estimate of drug-likeness (QED) is 0.497. The van der Waals surface area contributed by atoms with Gasteiger partial charge in [-0.1, -0.05) is 30.8 Å². The van der Waals surface area contributed by atoms with Crippen LogP contribution in [0, 0.1) is 5.82 Å². The summed E-state index contributed by atoms with van der Waals surface area (Å²) in [5.74, 6) is -0.511. The Morgan fingerprint density at radius 2 is 1.81 bits per heavy atom. The number of carbonyl (C=O) groups excluding carboxylic acids is 1. The number of carbonyl (C=O) groups is 1. The zero-order chi connectivity index (χ0) is 22.2. The smallest absolute Gasteiger partial charge is 0.246 e. The van der Waals surface area contributed by atoms with Gasteiger partial charge in [-0.3, -0.25) is 14.8 Å². The number of phenols is 1. The molecule has 1 aliphatic heterocycles. The van der Waals surface area contributed by atoms with Crippen molar-refractivity contribution in [3.05, 3.63) is 73.5 Å². The molecule has 0 aliphatic carbocycles. The number of pyridine rings is 2. The molecule has 2 aromatic carbocycles. The second kappa shape index (κ2) is 7.92. The summed E-state index contributed by atoms with van der Waals surface area (Å²) in [6, 6.07) is 10.7. The molecule has 2 aromatic heterocycles. The van der Waals surface area contributed by atoms with Gasteiger partial charge < -0.3 is 14.9 Å². The number of anilines is 1. The highest BCUT2D eigenvalue weighted by molar-refractivity contribution is 6.01. The molecule has 0 bridgehead atoms. The SMILES string of the molecule is C=CC(=O)N1CCN(c2cncc3c(F)c(-c4cc(O)cc5ccccc45)ncc23)CC1. The second-order valence-corrected chi connectivity index (χ2v) is 7.77. The summed E-state index contributed by atoms with van der Waals surface area (Å²) in [4.78, 5) is 24.4. The van der Waals surface area contributed by atoms with Gasteiger partial charge in [-0.05, 0) is 29.0 Å². The molecule has 3 heterocycles. The van der Waals surface area contributed by atoms with Crippen molar-refractivity contribution in [1.82, 2.24) is 14.9 Å². The normalized spacial score (nSPS) is 14.2. The van der Waals surface area contributed by atoms with Crippen molar-refractivity contribution in [3.8, 4) is 17.0 Å². The van der Waals surface area contributed by atoms with Gasteiger partial charge in [0, 0.05) is 54.9 Å². The number of hydrogen-bond acceptors (Lipinski definition) is 5. The minimum Gasteiger partial charge on any atom is -0.508 e. The molecule has 1 fully saturated rings. The summed E-state index contributed by atoms with van der Waals surface area (Å²) in [5.41, 5.74) is 1.49. The van der Waals surface area contributed by atoms with Crippen LogP contribution in [-0.4, -0.2) is 52.1 Å². The van der Waals surface area contributed by atoms with Crippen molar-refractivity contribution in [3.63, 3.8) is 0 Å². The molecule has 32 heavy (non-hydrogen) atoms. The monoisotopic (exact) mass is 428 g/mol. The summed E-state index contributed by atoms with van der Waals surface area (Å²) >= 11 is 0. The zero-order valence-corrected chi connectivity index (χ0v) is 17.3. The minimum absolute atomic E-state index is 0.0545. The Kier molecular flexibility index (Phi) is 4.93. The van der Waals surface area contributed by atoms with Gasteiger partial charge in [-0.2, -0.15) is 0 Å². The number of phenolic OH excluding ortho intramolecular Hbond substituents is 1. The fourth-order valence-electron chi connectivity index (χ4n) is 4.31. The van der Waals surface area contributed by atoms with Crippen LogP contribution in [0.5, 0.6) is 5.75 Å². The molecular weight excluding hydrogens is 407 g/mol. The van der Waals surface area contributed by atoms with Crippen LogP contribution in [0.1, 0.15) is 0 Å². The van der Waals surface area contributed by atoms with Crippen LogP contribution in [-0.2, 0) is 4.79 Å². The van der Waals surface area contributed by atoms with Gasteiger partial charge in [-0.15, -0.1) is 0 Å². The van der Waals surface area contributed by atoms with Crippen molar-refractivity contribution in [2.45, 2.75) is 0 Å². The predicted octanol–water partition coefficient (Wildman–Crippen LogP) is 4.13. The molecule has 5 rings (SSSR count). The van der Waals surface area contributed by atoms with Gasteiger partial charge in [0.05, 0.1) is 11.9 Å². The predicted molar refractivity (Wildman–Crippen MR) is 123 cm³/mol. The Morgan fingerprint density at radius 3 is 2.59 bits per heavy atom. The first-order chi connectivity index (χ1) is 15.6. The first kappa shape index (κ1) is 19.9. The van der Waals surface area contributed by atoms with E-state index in [0.717, 1.165) is 16.5 Å². The van der Waals surface area contributed by atoms with Crippen molar-refractivity contribution < 1.29 is 14.3 Å². The Morgan fingerprint density at radius 1 is 1.03 bits per heavy atom. The van der Waals surface area contributed by atoms with Crippen LogP contribution in [0.15, 0.2) is 67.6 Å². The Labute approximate surface area is 184 Å². The fourth-order valence-corrected chi connectivity index (χ4v) is 4.31. The van der Waals surface area contributed by atoms with Gasteiger partial charge in [0.2, 0.25) is 5.91 Å². The van der Waals surface area contributed by atoms with E-state index in [4.69, 9.17) is 0 Å². The number of aromatic nitrogens is 2. The number of piperazine rings is 1. The largest absolute Gasteiger partial charge is 0.508 e. The summed E-state index contributed by atoms with van der Waals surface area (Å²) in [7, 11) is 0. The van der Waals surface area contributed by atoms with Crippen molar-refractivity contribution in [2.75, 3.05) is 31.1 Å². The van der Waals surface area contributed by atoms with Gasteiger partial charge in [0.1, 0.15) is 11.4 Å². The fraction of sp³-hybridized carbons (Fsp3) is 0.160. The summed E-state index contributed by atoms with van der Waals surface area (Å²) in [5, 5.41) is 12.8.